The molecule has 100 valence electrons. The van der Waals surface area contributed by atoms with Gasteiger partial charge in [0, 0.05) is 19.1 Å². The molecule has 1 saturated heterocycles. The van der Waals surface area contributed by atoms with Crippen LogP contribution in [0.1, 0.15) is 12.8 Å². The minimum absolute atomic E-state index is 0.373. The van der Waals surface area contributed by atoms with Gasteiger partial charge in [-0.25, -0.2) is 9.97 Å². The summed E-state index contributed by atoms with van der Waals surface area (Å²) in [5, 5.41) is 0.373. The monoisotopic (exact) mass is 270 g/mol. The topological polar surface area (TPSA) is 41.5 Å². The zero-order chi connectivity index (χ0) is 13.1. The third-order valence-corrected chi connectivity index (χ3v) is 3.44. The Balaban J connectivity index is 2.27. The molecular weight excluding hydrogens is 252 g/mol. The van der Waals surface area contributed by atoms with Crippen molar-refractivity contribution in [2.24, 2.45) is 0 Å². The lowest BCUT2D eigenvalue weighted by Crippen LogP contribution is -2.38. The molecule has 0 radical (unpaired) electrons. The molecule has 1 aliphatic heterocycles. The average Bonchev–Trinajstić information content (AvgIpc) is 2.75. The van der Waals surface area contributed by atoms with Crippen LogP contribution in [-0.4, -0.2) is 55.2 Å². The first-order chi connectivity index (χ1) is 8.63. The average molecular weight is 271 g/mol. The lowest BCUT2D eigenvalue weighted by molar-refractivity contribution is 0.367. The van der Waals surface area contributed by atoms with Crippen LogP contribution >= 0.6 is 11.6 Å². The van der Waals surface area contributed by atoms with Crippen LogP contribution in [0.5, 0.6) is 5.75 Å². The van der Waals surface area contributed by atoms with Gasteiger partial charge in [0.2, 0.25) is 0 Å². The molecule has 2 heterocycles. The van der Waals surface area contributed by atoms with Gasteiger partial charge in [0.1, 0.15) is 6.33 Å². The molecule has 0 saturated carbocycles. The molecule has 0 spiro atoms. The van der Waals surface area contributed by atoms with Crippen LogP contribution in [0.25, 0.3) is 0 Å². The second-order valence-corrected chi connectivity index (χ2v) is 5.13. The highest BCUT2D eigenvalue weighted by Crippen LogP contribution is 2.35. The zero-order valence-corrected chi connectivity index (χ0v) is 11.8. The Morgan fingerprint density at radius 3 is 2.94 bits per heavy atom. The largest absolute Gasteiger partial charge is 0.490 e. The lowest BCUT2D eigenvalue weighted by atomic mass is 10.2. The second-order valence-electron chi connectivity index (χ2n) is 4.77. The molecule has 0 aromatic carbocycles. The minimum Gasteiger partial charge on any atom is -0.490 e. The fourth-order valence-corrected chi connectivity index (χ4v) is 2.66. The van der Waals surface area contributed by atoms with Gasteiger partial charge in [0.15, 0.2) is 16.7 Å². The van der Waals surface area contributed by atoms with Gasteiger partial charge in [-0.3, -0.25) is 0 Å². The number of likely N-dealkylation sites (N-methyl/N-ethyl adjacent to an activating group) is 1. The third-order valence-electron chi connectivity index (χ3n) is 3.17. The summed E-state index contributed by atoms with van der Waals surface area (Å²) in [5.41, 5.74) is 0. The smallest absolute Gasteiger partial charge is 0.199 e. The number of methoxy groups -OCH3 is 1. The summed E-state index contributed by atoms with van der Waals surface area (Å²) < 4.78 is 5.33. The number of hydrogen-bond acceptors (Lipinski definition) is 5. The molecule has 1 aromatic heterocycles. The predicted octanol–water partition coefficient (Wildman–Crippen LogP) is 1.67. The van der Waals surface area contributed by atoms with Gasteiger partial charge < -0.3 is 14.5 Å². The Hall–Kier alpha value is -1.07. The Kier molecular flexibility index (Phi) is 4.24. The van der Waals surface area contributed by atoms with E-state index < -0.39 is 0 Å². The fraction of sp³-hybridized carbons (Fsp3) is 0.667. The molecule has 1 aliphatic rings. The van der Waals surface area contributed by atoms with Crippen molar-refractivity contribution in [2.75, 3.05) is 39.2 Å². The van der Waals surface area contributed by atoms with E-state index in [2.05, 4.69) is 33.9 Å². The van der Waals surface area contributed by atoms with Crippen molar-refractivity contribution in [3.8, 4) is 5.75 Å². The Morgan fingerprint density at radius 1 is 1.50 bits per heavy atom. The summed E-state index contributed by atoms with van der Waals surface area (Å²) in [4.78, 5) is 12.8. The summed E-state index contributed by atoms with van der Waals surface area (Å²) in [6.45, 7) is 1.99. The summed E-state index contributed by atoms with van der Waals surface area (Å²) >= 11 is 6.05. The van der Waals surface area contributed by atoms with Gasteiger partial charge in [-0.05, 0) is 26.9 Å². The lowest BCUT2D eigenvalue weighted by Gasteiger charge is -2.28. The fourth-order valence-electron chi connectivity index (χ4n) is 2.45. The molecule has 1 fully saturated rings. The number of nitrogens with zero attached hydrogens (tertiary/aromatic N) is 4. The highest BCUT2D eigenvalue weighted by atomic mass is 35.5. The molecule has 5 nitrogen and oxygen atoms in total. The van der Waals surface area contributed by atoms with Gasteiger partial charge >= 0.3 is 0 Å². The highest BCUT2D eigenvalue weighted by molar-refractivity contribution is 6.31. The number of anilines is 1. The van der Waals surface area contributed by atoms with Crippen molar-refractivity contribution in [1.29, 1.82) is 0 Å². The van der Waals surface area contributed by atoms with Crippen LogP contribution in [-0.2, 0) is 0 Å². The first-order valence-electron chi connectivity index (χ1n) is 6.09. The molecule has 1 atom stereocenters. The summed E-state index contributed by atoms with van der Waals surface area (Å²) in [6.07, 6.45) is 3.83. The zero-order valence-electron chi connectivity index (χ0n) is 11.1. The summed E-state index contributed by atoms with van der Waals surface area (Å²) in [7, 11) is 5.77. The van der Waals surface area contributed by atoms with Crippen LogP contribution in [0.2, 0.25) is 5.15 Å². The Bertz CT molecular complexity index is 413. The van der Waals surface area contributed by atoms with Crippen LogP contribution in [0.3, 0.4) is 0 Å². The standard InChI is InChI=1S/C12H19ClN4O/c1-16(2)7-9-5-4-6-17(9)12-10(18-3)11(13)14-8-15-12/h8-9H,4-7H2,1-3H3. The van der Waals surface area contributed by atoms with Gasteiger partial charge in [0.25, 0.3) is 0 Å². The van der Waals surface area contributed by atoms with Gasteiger partial charge in [-0.1, -0.05) is 11.6 Å². The van der Waals surface area contributed by atoms with Crippen LogP contribution in [0.15, 0.2) is 6.33 Å². The van der Waals surface area contributed by atoms with E-state index in [1.165, 1.54) is 19.2 Å². The molecule has 0 bridgehead atoms. The number of ether oxygens (including phenoxy) is 1. The normalized spacial score (nSPS) is 19.6. The van der Waals surface area contributed by atoms with Crippen LogP contribution in [0.4, 0.5) is 5.82 Å². The van der Waals surface area contributed by atoms with Crippen molar-refractivity contribution in [3.63, 3.8) is 0 Å². The van der Waals surface area contributed by atoms with Crippen molar-refractivity contribution in [3.05, 3.63) is 11.5 Å². The SMILES string of the molecule is COc1c(Cl)ncnc1N1CCCC1CN(C)C. The van der Waals surface area contributed by atoms with Crippen molar-refractivity contribution in [2.45, 2.75) is 18.9 Å². The molecule has 18 heavy (non-hydrogen) atoms. The number of rotatable bonds is 4. The van der Waals surface area contributed by atoms with E-state index in [-0.39, 0.29) is 0 Å². The molecule has 1 aromatic rings. The van der Waals surface area contributed by atoms with E-state index in [0.29, 0.717) is 16.9 Å². The van der Waals surface area contributed by atoms with E-state index in [1.54, 1.807) is 7.11 Å². The maximum atomic E-state index is 6.05. The van der Waals surface area contributed by atoms with Gasteiger partial charge in [-0.2, -0.15) is 0 Å². The highest BCUT2D eigenvalue weighted by Gasteiger charge is 2.29. The molecule has 0 amide bonds. The molecule has 2 rings (SSSR count). The van der Waals surface area contributed by atoms with Crippen molar-refractivity contribution < 1.29 is 4.74 Å². The van der Waals surface area contributed by atoms with E-state index in [4.69, 9.17) is 16.3 Å². The van der Waals surface area contributed by atoms with Crippen LogP contribution in [0, 0.1) is 0 Å². The predicted molar refractivity (Wildman–Crippen MR) is 72.5 cm³/mol. The van der Waals surface area contributed by atoms with Crippen molar-refractivity contribution in [1.82, 2.24) is 14.9 Å². The van der Waals surface area contributed by atoms with Crippen molar-refractivity contribution >= 4 is 17.4 Å². The summed E-state index contributed by atoms with van der Waals surface area (Å²) in [5.74, 6) is 1.38. The third kappa shape index (κ3) is 2.67. The van der Waals surface area contributed by atoms with E-state index in [0.717, 1.165) is 18.9 Å². The number of halogens is 1. The quantitative estimate of drug-likeness (QED) is 0.779. The maximum absolute atomic E-state index is 6.05. The van der Waals surface area contributed by atoms with E-state index in [9.17, 15) is 0 Å². The van der Waals surface area contributed by atoms with E-state index in [1.807, 2.05) is 0 Å². The Labute approximate surface area is 113 Å². The molecule has 1 unspecified atom stereocenters. The van der Waals surface area contributed by atoms with Gasteiger partial charge in [-0.15, -0.1) is 0 Å². The van der Waals surface area contributed by atoms with E-state index >= 15 is 0 Å². The maximum Gasteiger partial charge on any atom is 0.199 e. The first-order valence-corrected chi connectivity index (χ1v) is 6.47. The summed E-state index contributed by atoms with van der Waals surface area (Å²) in [6, 6.07) is 0.458. The first kappa shape index (κ1) is 13.4. The number of aromatic nitrogens is 2. The molecular formula is C12H19ClN4O. The minimum atomic E-state index is 0.373. The molecule has 0 N–H and O–H groups in total. The molecule has 0 aliphatic carbocycles. The second kappa shape index (κ2) is 5.71. The van der Waals surface area contributed by atoms with Crippen LogP contribution < -0.4 is 9.64 Å². The molecule has 6 heteroatoms. The Morgan fingerprint density at radius 2 is 2.28 bits per heavy atom. The van der Waals surface area contributed by atoms with Gasteiger partial charge in [0.05, 0.1) is 7.11 Å². The number of hydrogen-bond donors (Lipinski definition) is 0.